The summed E-state index contributed by atoms with van der Waals surface area (Å²) in [5.74, 6) is -0.417. The fourth-order valence-corrected chi connectivity index (χ4v) is 5.08. The van der Waals surface area contributed by atoms with Gasteiger partial charge in [-0.25, -0.2) is 0 Å². The van der Waals surface area contributed by atoms with Crippen molar-refractivity contribution in [3.63, 3.8) is 0 Å². The Kier molecular flexibility index (Phi) is 6.12. The van der Waals surface area contributed by atoms with Gasteiger partial charge in [-0.3, -0.25) is 4.79 Å². The average molecular weight is 500 g/mol. The second kappa shape index (κ2) is 9.01. The molecular formula is C26H28F3N5O2. The van der Waals surface area contributed by atoms with Crippen molar-refractivity contribution >= 4 is 11.6 Å². The van der Waals surface area contributed by atoms with E-state index in [-0.39, 0.29) is 36.4 Å². The Balaban J connectivity index is 1.47. The third-order valence-electron chi connectivity index (χ3n) is 7.41. The van der Waals surface area contributed by atoms with Gasteiger partial charge in [0.25, 0.3) is 5.91 Å². The van der Waals surface area contributed by atoms with Gasteiger partial charge in [0.1, 0.15) is 12.2 Å². The fourth-order valence-electron chi connectivity index (χ4n) is 5.08. The minimum absolute atomic E-state index is 0.0106. The molecule has 1 fully saturated rings. The molecule has 1 amide bonds. The first kappa shape index (κ1) is 24.5. The summed E-state index contributed by atoms with van der Waals surface area (Å²) in [6, 6.07) is 9.66. The Morgan fingerprint density at radius 2 is 2.00 bits per heavy atom. The monoisotopic (exact) mass is 499 g/mol. The van der Waals surface area contributed by atoms with E-state index >= 15 is 0 Å². The zero-order valence-corrected chi connectivity index (χ0v) is 20.1. The highest BCUT2D eigenvalue weighted by Gasteiger charge is 2.41. The van der Waals surface area contributed by atoms with Crippen LogP contribution in [0.5, 0.6) is 0 Å². The van der Waals surface area contributed by atoms with Gasteiger partial charge in [0, 0.05) is 30.4 Å². The van der Waals surface area contributed by atoms with E-state index in [1.165, 1.54) is 11.2 Å². The van der Waals surface area contributed by atoms with Gasteiger partial charge in [0.2, 0.25) is 0 Å². The summed E-state index contributed by atoms with van der Waals surface area (Å²) in [5, 5.41) is 21.3. The molecule has 7 nitrogen and oxygen atoms in total. The maximum absolute atomic E-state index is 14.0. The van der Waals surface area contributed by atoms with Crippen LogP contribution in [0.25, 0.3) is 0 Å². The van der Waals surface area contributed by atoms with Gasteiger partial charge in [-0.05, 0) is 67.1 Å². The van der Waals surface area contributed by atoms with Crippen LogP contribution in [0.4, 0.5) is 18.9 Å². The van der Waals surface area contributed by atoms with E-state index in [9.17, 15) is 23.1 Å². The van der Waals surface area contributed by atoms with Crippen molar-refractivity contribution < 1.29 is 23.1 Å². The number of aromatic nitrogens is 3. The number of amides is 1. The third-order valence-corrected chi connectivity index (χ3v) is 7.41. The largest absolute Gasteiger partial charge is 0.416 e. The molecule has 36 heavy (non-hydrogen) atoms. The minimum Gasteiger partial charge on any atom is -0.395 e. The fraction of sp³-hybridized carbons (Fsp3) is 0.423. The van der Waals surface area contributed by atoms with Crippen LogP contribution in [0.15, 0.2) is 42.7 Å². The minimum atomic E-state index is -4.58. The van der Waals surface area contributed by atoms with Gasteiger partial charge in [-0.1, -0.05) is 12.1 Å². The van der Waals surface area contributed by atoms with Crippen molar-refractivity contribution in [3.05, 3.63) is 76.4 Å². The summed E-state index contributed by atoms with van der Waals surface area (Å²) in [5.41, 5.74) is 0.825. The number of rotatable bonds is 7. The summed E-state index contributed by atoms with van der Waals surface area (Å²) in [6.45, 7) is 1.92. The van der Waals surface area contributed by atoms with E-state index in [4.69, 9.17) is 0 Å². The first-order chi connectivity index (χ1) is 17.1. The number of carbonyl (C=O) groups excluding carboxylic acids is 1. The zero-order chi connectivity index (χ0) is 25.7. The predicted octanol–water partition coefficient (Wildman–Crippen LogP) is 4.15. The number of halogens is 3. The van der Waals surface area contributed by atoms with Crippen LogP contribution in [-0.2, 0) is 26.3 Å². The van der Waals surface area contributed by atoms with Crippen LogP contribution in [0.1, 0.15) is 70.5 Å². The van der Waals surface area contributed by atoms with Gasteiger partial charge < -0.3 is 19.9 Å². The molecular weight excluding hydrogens is 471 g/mol. The number of alkyl halides is 3. The number of aliphatic hydroxyl groups excluding tert-OH is 1. The molecule has 2 aromatic carbocycles. The standard InChI is InChI=1S/C26H28F3N5O2/c1-25(7-4-8-25)30-12-16-9-19-20(22(10-16)26(27,28)29)13-34(24(19)36)18-6-3-5-17(11-18)21(14-35)23-32-31-15-33(23)2/h3,5-6,9-11,15,21,30,35H,4,7-8,12-14H2,1-2H3/t21-/m0/s1. The number of carbonyl (C=O) groups is 1. The number of nitrogens with zero attached hydrogens (tertiary/aromatic N) is 4. The van der Waals surface area contributed by atoms with Crippen molar-refractivity contribution in [2.24, 2.45) is 7.05 Å². The van der Waals surface area contributed by atoms with Crippen molar-refractivity contribution in [2.75, 3.05) is 11.5 Å². The molecule has 1 aromatic heterocycles. The Morgan fingerprint density at radius 3 is 2.61 bits per heavy atom. The van der Waals surface area contributed by atoms with Gasteiger partial charge >= 0.3 is 6.18 Å². The average Bonchev–Trinajstić information content (AvgIpc) is 3.39. The molecule has 2 heterocycles. The molecule has 0 saturated heterocycles. The van der Waals surface area contributed by atoms with E-state index < -0.39 is 23.6 Å². The molecule has 3 aromatic rings. The lowest BCUT2D eigenvalue weighted by molar-refractivity contribution is -0.138. The van der Waals surface area contributed by atoms with E-state index in [1.54, 1.807) is 41.9 Å². The normalized spacial score (nSPS) is 17.7. The van der Waals surface area contributed by atoms with E-state index in [1.807, 2.05) is 0 Å². The zero-order valence-electron chi connectivity index (χ0n) is 20.1. The molecule has 1 atom stereocenters. The van der Waals surface area contributed by atoms with E-state index in [0.29, 0.717) is 22.6 Å². The molecule has 2 N–H and O–H groups in total. The molecule has 0 bridgehead atoms. The molecule has 0 spiro atoms. The highest BCUT2D eigenvalue weighted by molar-refractivity contribution is 6.10. The Labute approximate surface area is 207 Å². The summed E-state index contributed by atoms with van der Waals surface area (Å²) < 4.78 is 43.8. The maximum Gasteiger partial charge on any atom is 0.416 e. The summed E-state index contributed by atoms with van der Waals surface area (Å²) in [4.78, 5) is 14.8. The quantitative estimate of drug-likeness (QED) is 0.510. The van der Waals surface area contributed by atoms with Crippen LogP contribution in [0.3, 0.4) is 0 Å². The molecule has 1 saturated carbocycles. The number of hydrogen-bond donors (Lipinski definition) is 2. The molecule has 190 valence electrons. The number of hydrogen-bond acceptors (Lipinski definition) is 5. The number of nitrogens with one attached hydrogen (secondary N) is 1. The lowest BCUT2D eigenvalue weighted by atomic mass is 9.78. The maximum atomic E-state index is 14.0. The molecule has 0 radical (unpaired) electrons. The van der Waals surface area contributed by atoms with Crippen molar-refractivity contribution in [1.82, 2.24) is 20.1 Å². The predicted molar refractivity (Wildman–Crippen MR) is 127 cm³/mol. The van der Waals surface area contributed by atoms with E-state index in [0.717, 1.165) is 25.3 Å². The van der Waals surface area contributed by atoms with E-state index in [2.05, 4.69) is 22.4 Å². The Bertz CT molecular complexity index is 1300. The third kappa shape index (κ3) is 4.39. The summed E-state index contributed by atoms with van der Waals surface area (Å²) >= 11 is 0. The van der Waals surface area contributed by atoms with Gasteiger partial charge in [0.05, 0.1) is 24.6 Å². The number of benzene rings is 2. The first-order valence-electron chi connectivity index (χ1n) is 11.9. The first-order valence-corrected chi connectivity index (χ1v) is 11.9. The smallest absolute Gasteiger partial charge is 0.395 e. The number of aryl methyl sites for hydroxylation is 1. The lowest BCUT2D eigenvalue weighted by Gasteiger charge is -2.39. The van der Waals surface area contributed by atoms with Gasteiger partial charge in [-0.15, -0.1) is 10.2 Å². The van der Waals surface area contributed by atoms with Crippen molar-refractivity contribution in [3.8, 4) is 0 Å². The van der Waals surface area contributed by atoms with Crippen molar-refractivity contribution in [2.45, 2.75) is 56.9 Å². The molecule has 5 rings (SSSR count). The van der Waals surface area contributed by atoms with Gasteiger partial charge in [0.15, 0.2) is 0 Å². The molecule has 1 aliphatic carbocycles. The number of aliphatic hydroxyl groups is 1. The molecule has 1 aliphatic heterocycles. The summed E-state index contributed by atoms with van der Waals surface area (Å²) in [6.07, 6.45) is 0.0130. The molecule has 10 heteroatoms. The topological polar surface area (TPSA) is 83.3 Å². The van der Waals surface area contributed by atoms with Crippen LogP contribution >= 0.6 is 0 Å². The highest BCUT2D eigenvalue weighted by Crippen LogP contribution is 2.40. The van der Waals surface area contributed by atoms with Crippen LogP contribution < -0.4 is 10.2 Å². The Hall–Kier alpha value is -3.24. The van der Waals surface area contributed by atoms with Crippen molar-refractivity contribution in [1.29, 1.82) is 0 Å². The van der Waals surface area contributed by atoms with Crippen LogP contribution in [-0.4, -0.2) is 37.9 Å². The second-order valence-electron chi connectivity index (χ2n) is 9.96. The second-order valence-corrected chi connectivity index (χ2v) is 9.96. The number of anilines is 1. The summed E-state index contributed by atoms with van der Waals surface area (Å²) in [7, 11) is 1.76. The van der Waals surface area contributed by atoms with Crippen LogP contribution in [0.2, 0.25) is 0 Å². The molecule has 2 aliphatic rings. The molecule has 0 unspecified atom stereocenters. The highest BCUT2D eigenvalue weighted by atomic mass is 19.4. The number of fused-ring (bicyclic) bond motifs is 1. The SMILES string of the molecule is Cn1cnnc1[C@@H](CO)c1cccc(N2Cc3c(cc(CNC4(C)CCC4)cc3C(F)(F)F)C2=O)c1. The lowest BCUT2D eigenvalue weighted by Crippen LogP contribution is -2.47. The van der Waals surface area contributed by atoms with Gasteiger partial charge in [-0.2, -0.15) is 13.2 Å². The Morgan fingerprint density at radius 1 is 1.22 bits per heavy atom. The van der Waals surface area contributed by atoms with Crippen LogP contribution in [0, 0.1) is 0 Å².